The van der Waals surface area contributed by atoms with Gasteiger partial charge in [-0.1, -0.05) is 22.0 Å². The van der Waals surface area contributed by atoms with Crippen LogP contribution in [0.5, 0.6) is 5.75 Å². The summed E-state index contributed by atoms with van der Waals surface area (Å²) in [4.78, 5) is 0. The maximum Gasteiger partial charge on any atom is 0.123 e. The number of nitrogens with one attached hydrogen (secondary N) is 1. The lowest BCUT2D eigenvalue weighted by Gasteiger charge is -2.10. The van der Waals surface area contributed by atoms with Crippen LogP contribution < -0.4 is 10.1 Å². The molecule has 0 bridgehead atoms. The molecule has 0 heterocycles. The van der Waals surface area contributed by atoms with Crippen molar-refractivity contribution in [2.45, 2.75) is 13.5 Å². The van der Waals surface area contributed by atoms with Gasteiger partial charge in [-0.2, -0.15) is 0 Å². The zero-order chi connectivity index (χ0) is 11.1. The van der Waals surface area contributed by atoms with Crippen LogP contribution in [0.2, 0.25) is 0 Å². The first kappa shape index (κ1) is 15.5. The van der Waals surface area contributed by atoms with Crippen molar-refractivity contribution < 1.29 is 4.74 Å². The van der Waals surface area contributed by atoms with Crippen LogP contribution in [0.25, 0.3) is 0 Å². The molecule has 1 aromatic rings. The SMILES string of the molecule is C=CCNCc1cc(Br)ccc1OCC.Cl. The number of halogens is 2. The summed E-state index contributed by atoms with van der Waals surface area (Å²) in [7, 11) is 0. The molecular weight excluding hydrogens is 289 g/mol. The molecule has 0 aromatic heterocycles. The van der Waals surface area contributed by atoms with Crippen LogP contribution in [-0.2, 0) is 6.54 Å². The molecule has 0 radical (unpaired) electrons. The molecule has 0 unspecified atom stereocenters. The lowest BCUT2D eigenvalue weighted by Crippen LogP contribution is -2.13. The Morgan fingerprint density at radius 2 is 2.25 bits per heavy atom. The summed E-state index contributed by atoms with van der Waals surface area (Å²) >= 11 is 3.45. The summed E-state index contributed by atoms with van der Waals surface area (Å²) < 4.78 is 6.61. The summed E-state index contributed by atoms with van der Waals surface area (Å²) in [6.45, 7) is 7.94. The van der Waals surface area contributed by atoms with Gasteiger partial charge in [0.05, 0.1) is 6.61 Å². The first-order chi connectivity index (χ1) is 7.27. The van der Waals surface area contributed by atoms with Gasteiger partial charge in [0.2, 0.25) is 0 Å². The second-order valence-electron chi connectivity index (χ2n) is 3.10. The highest BCUT2D eigenvalue weighted by atomic mass is 79.9. The van der Waals surface area contributed by atoms with Crippen molar-refractivity contribution in [1.29, 1.82) is 0 Å². The Hall–Kier alpha value is -0.510. The molecule has 0 saturated heterocycles. The minimum atomic E-state index is 0. The smallest absolute Gasteiger partial charge is 0.123 e. The maximum absolute atomic E-state index is 5.54. The van der Waals surface area contributed by atoms with E-state index in [-0.39, 0.29) is 12.4 Å². The van der Waals surface area contributed by atoms with Crippen LogP contribution in [0.3, 0.4) is 0 Å². The van der Waals surface area contributed by atoms with E-state index in [2.05, 4.69) is 33.9 Å². The van der Waals surface area contributed by atoms with E-state index in [1.165, 1.54) is 0 Å². The highest BCUT2D eigenvalue weighted by Gasteiger charge is 2.03. The maximum atomic E-state index is 5.54. The Balaban J connectivity index is 0.00000225. The van der Waals surface area contributed by atoms with Gasteiger partial charge in [0.25, 0.3) is 0 Å². The Labute approximate surface area is 112 Å². The van der Waals surface area contributed by atoms with E-state index in [9.17, 15) is 0 Å². The fourth-order valence-corrected chi connectivity index (χ4v) is 1.70. The zero-order valence-corrected chi connectivity index (χ0v) is 11.7. The molecule has 0 aliphatic heterocycles. The van der Waals surface area contributed by atoms with Crippen molar-refractivity contribution in [2.24, 2.45) is 0 Å². The summed E-state index contributed by atoms with van der Waals surface area (Å²) in [6.07, 6.45) is 1.85. The molecule has 1 rings (SSSR count). The molecule has 4 heteroatoms. The summed E-state index contributed by atoms with van der Waals surface area (Å²) in [5.41, 5.74) is 1.16. The van der Waals surface area contributed by atoms with Crippen LogP contribution in [0.15, 0.2) is 35.3 Å². The van der Waals surface area contributed by atoms with E-state index in [1.54, 1.807) is 0 Å². The lowest BCUT2D eigenvalue weighted by atomic mass is 10.2. The molecule has 0 atom stereocenters. The highest BCUT2D eigenvalue weighted by Crippen LogP contribution is 2.23. The van der Waals surface area contributed by atoms with Gasteiger partial charge in [-0.25, -0.2) is 0 Å². The van der Waals surface area contributed by atoms with Crippen LogP contribution in [-0.4, -0.2) is 13.2 Å². The molecule has 1 N–H and O–H groups in total. The number of hydrogen-bond acceptors (Lipinski definition) is 2. The molecule has 2 nitrogen and oxygen atoms in total. The molecule has 90 valence electrons. The number of benzene rings is 1. The average molecular weight is 307 g/mol. The molecule has 16 heavy (non-hydrogen) atoms. The first-order valence-electron chi connectivity index (χ1n) is 5.00. The van der Waals surface area contributed by atoms with E-state index in [4.69, 9.17) is 4.74 Å². The predicted molar refractivity (Wildman–Crippen MR) is 74.5 cm³/mol. The lowest BCUT2D eigenvalue weighted by molar-refractivity contribution is 0.335. The molecule has 0 aliphatic rings. The topological polar surface area (TPSA) is 21.3 Å². The van der Waals surface area contributed by atoms with Gasteiger partial charge in [-0.05, 0) is 25.1 Å². The minimum Gasteiger partial charge on any atom is -0.494 e. The standard InChI is InChI=1S/C12H16BrNO.ClH/c1-3-7-14-9-10-8-11(13)5-6-12(10)15-4-2;/h3,5-6,8,14H,1,4,7,9H2,2H3;1H. The number of rotatable bonds is 6. The monoisotopic (exact) mass is 305 g/mol. The number of ether oxygens (including phenoxy) is 1. The predicted octanol–water partition coefficient (Wildman–Crippen LogP) is 3.55. The van der Waals surface area contributed by atoms with Crippen molar-refractivity contribution >= 4 is 28.3 Å². The zero-order valence-electron chi connectivity index (χ0n) is 9.33. The molecule has 0 saturated carbocycles. The van der Waals surface area contributed by atoms with Crippen molar-refractivity contribution in [3.05, 3.63) is 40.9 Å². The normalized spacial score (nSPS) is 9.38. The molecular formula is C12H17BrClNO. The first-order valence-corrected chi connectivity index (χ1v) is 5.80. The molecule has 0 fully saturated rings. The average Bonchev–Trinajstić information content (AvgIpc) is 2.22. The van der Waals surface area contributed by atoms with Gasteiger partial charge in [0.15, 0.2) is 0 Å². The molecule has 0 spiro atoms. The van der Waals surface area contributed by atoms with Crippen molar-refractivity contribution in [3.8, 4) is 5.75 Å². The van der Waals surface area contributed by atoms with Gasteiger partial charge < -0.3 is 10.1 Å². The van der Waals surface area contributed by atoms with E-state index in [1.807, 2.05) is 25.1 Å². The van der Waals surface area contributed by atoms with Gasteiger partial charge in [-0.3, -0.25) is 0 Å². The second-order valence-corrected chi connectivity index (χ2v) is 4.02. The van der Waals surface area contributed by atoms with E-state index >= 15 is 0 Å². The van der Waals surface area contributed by atoms with Gasteiger partial charge in [0.1, 0.15) is 5.75 Å². The Kier molecular flexibility index (Phi) is 8.35. The Morgan fingerprint density at radius 3 is 2.88 bits per heavy atom. The fraction of sp³-hybridized carbons (Fsp3) is 0.333. The molecule has 1 aromatic carbocycles. The van der Waals surface area contributed by atoms with Gasteiger partial charge in [0, 0.05) is 23.1 Å². The van der Waals surface area contributed by atoms with Crippen LogP contribution in [0.1, 0.15) is 12.5 Å². The van der Waals surface area contributed by atoms with Gasteiger partial charge >= 0.3 is 0 Å². The summed E-state index contributed by atoms with van der Waals surface area (Å²) in [5.74, 6) is 0.942. The quantitative estimate of drug-likeness (QED) is 0.641. The molecule has 0 amide bonds. The van der Waals surface area contributed by atoms with Crippen LogP contribution in [0.4, 0.5) is 0 Å². The van der Waals surface area contributed by atoms with E-state index in [0.29, 0.717) is 6.61 Å². The summed E-state index contributed by atoms with van der Waals surface area (Å²) in [6, 6.07) is 6.04. The minimum absolute atomic E-state index is 0. The third-order valence-electron chi connectivity index (χ3n) is 1.93. The third-order valence-corrected chi connectivity index (χ3v) is 2.42. The van der Waals surface area contributed by atoms with Crippen molar-refractivity contribution in [1.82, 2.24) is 5.32 Å². The van der Waals surface area contributed by atoms with Crippen LogP contribution >= 0.6 is 28.3 Å². The highest BCUT2D eigenvalue weighted by molar-refractivity contribution is 9.10. The fourth-order valence-electron chi connectivity index (χ4n) is 1.29. The van der Waals surface area contributed by atoms with Crippen molar-refractivity contribution in [3.63, 3.8) is 0 Å². The van der Waals surface area contributed by atoms with E-state index in [0.717, 1.165) is 28.9 Å². The Bertz CT molecular complexity index is 331. The summed E-state index contributed by atoms with van der Waals surface area (Å²) in [5, 5.41) is 3.26. The van der Waals surface area contributed by atoms with Crippen molar-refractivity contribution in [2.75, 3.05) is 13.2 Å². The number of hydrogen-bond donors (Lipinski definition) is 1. The van der Waals surface area contributed by atoms with Gasteiger partial charge in [-0.15, -0.1) is 19.0 Å². The Morgan fingerprint density at radius 1 is 1.50 bits per heavy atom. The third kappa shape index (κ3) is 5.01. The largest absolute Gasteiger partial charge is 0.494 e. The van der Waals surface area contributed by atoms with E-state index < -0.39 is 0 Å². The second kappa shape index (κ2) is 8.62. The molecule has 0 aliphatic carbocycles. The van der Waals surface area contributed by atoms with Crippen LogP contribution in [0, 0.1) is 0 Å².